The van der Waals surface area contributed by atoms with Gasteiger partial charge in [-0.2, -0.15) is 0 Å². The Morgan fingerprint density at radius 3 is 2.79 bits per heavy atom. The molecule has 1 saturated heterocycles. The van der Waals surface area contributed by atoms with E-state index < -0.39 is 15.9 Å². The number of hydrogen-bond acceptors (Lipinski definition) is 5. The lowest BCUT2D eigenvalue weighted by molar-refractivity contribution is -0.122. The van der Waals surface area contributed by atoms with Gasteiger partial charge in [0.05, 0.1) is 11.8 Å². The molecule has 0 spiro atoms. The summed E-state index contributed by atoms with van der Waals surface area (Å²) in [7, 11) is -3.06. The van der Waals surface area contributed by atoms with Gasteiger partial charge in [0, 0.05) is 18.8 Å². The SMILES string of the molecule is CCN1CCCC1CNC(=O)C(N)CCS(C)(=O)=O. The molecule has 0 aliphatic carbocycles. The van der Waals surface area contributed by atoms with Crippen LogP contribution in [0.25, 0.3) is 0 Å². The number of nitrogens with one attached hydrogen (secondary N) is 1. The molecular weight excluding hydrogens is 266 g/mol. The largest absolute Gasteiger partial charge is 0.353 e. The van der Waals surface area contributed by atoms with Crippen molar-refractivity contribution >= 4 is 15.7 Å². The monoisotopic (exact) mass is 291 g/mol. The van der Waals surface area contributed by atoms with E-state index in [4.69, 9.17) is 5.73 Å². The second kappa shape index (κ2) is 7.21. The van der Waals surface area contributed by atoms with Crippen LogP contribution in [0.1, 0.15) is 26.2 Å². The van der Waals surface area contributed by atoms with Gasteiger partial charge in [-0.3, -0.25) is 9.69 Å². The van der Waals surface area contributed by atoms with Gasteiger partial charge in [0.25, 0.3) is 0 Å². The molecule has 19 heavy (non-hydrogen) atoms. The maximum absolute atomic E-state index is 11.8. The average molecular weight is 291 g/mol. The van der Waals surface area contributed by atoms with Crippen LogP contribution in [-0.2, 0) is 14.6 Å². The molecule has 1 heterocycles. The van der Waals surface area contributed by atoms with Crippen LogP contribution in [0.2, 0.25) is 0 Å². The van der Waals surface area contributed by atoms with Gasteiger partial charge in [-0.15, -0.1) is 0 Å². The number of nitrogens with two attached hydrogens (primary N) is 1. The highest BCUT2D eigenvalue weighted by atomic mass is 32.2. The van der Waals surface area contributed by atoms with E-state index in [1.165, 1.54) is 0 Å². The number of sulfone groups is 1. The Kier molecular flexibility index (Phi) is 6.22. The number of amides is 1. The molecule has 6 nitrogen and oxygen atoms in total. The minimum Gasteiger partial charge on any atom is -0.353 e. The first kappa shape index (κ1) is 16.4. The third-order valence-corrected chi connectivity index (χ3v) is 4.53. The summed E-state index contributed by atoms with van der Waals surface area (Å²) in [5, 5.41) is 2.82. The van der Waals surface area contributed by atoms with Crippen molar-refractivity contribution in [1.29, 1.82) is 0 Å². The van der Waals surface area contributed by atoms with E-state index >= 15 is 0 Å². The van der Waals surface area contributed by atoms with Gasteiger partial charge in [-0.05, 0) is 32.4 Å². The first-order valence-corrected chi connectivity index (χ1v) is 8.84. The predicted molar refractivity (Wildman–Crippen MR) is 75.6 cm³/mol. The van der Waals surface area contributed by atoms with E-state index in [-0.39, 0.29) is 18.1 Å². The Labute approximate surface area is 115 Å². The lowest BCUT2D eigenvalue weighted by atomic mass is 10.2. The van der Waals surface area contributed by atoms with Crippen LogP contribution in [0.4, 0.5) is 0 Å². The van der Waals surface area contributed by atoms with Crippen LogP contribution in [0.5, 0.6) is 0 Å². The average Bonchev–Trinajstić information content (AvgIpc) is 2.79. The molecule has 0 aromatic carbocycles. The molecule has 7 heteroatoms. The lowest BCUT2D eigenvalue weighted by Gasteiger charge is -2.23. The zero-order chi connectivity index (χ0) is 14.5. The van der Waals surface area contributed by atoms with Crippen LogP contribution in [-0.4, -0.2) is 63.0 Å². The van der Waals surface area contributed by atoms with Gasteiger partial charge >= 0.3 is 0 Å². The normalized spacial score (nSPS) is 22.4. The number of hydrogen-bond donors (Lipinski definition) is 2. The molecule has 0 bridgehead atoms. The van der Waals surface area contributed by atoms with Crippen LogP contribution >= 0.6 is 0 Å². The van der Waals surface area contributed by atoms with E-state index in [2.05, 4.69) is 17.1 Å². The van der Waals surface area contributed by atoms with E-state index in [9.17, 15) is 13.2 Å². The van der Waals surface area contributed by atoms with E-state index in [1.807, 2.05) is 0 Å². The maximum Gasteiger partial charge on any atom is 0.237 e. The van der Waals surface area contributed by atoms with E-state index in [0.717, 1.165) is 32.2 Å². The fourth-order valence-corrected chi connectivity index (χ4v) is 3.05. The second-order valence-corrected chi connectivity index (χ2v) is 7.45. The Balaban J connectivity index is 2.30. The lowest BCUT2D eigenvalue weighted by Crippen LogP contribution is -2.46. The Hall–Kier alpha value is -0.660. The third kappa shape index (κ3) is 5.88. The molecule has 0 aromatic heterocycles. The molecule has 1 amide bonds. The summed E-state index contributed by atoms with van der Waals surface area (Å²) in [6.07, 6.45) is 3.57. The summed E-state index contributed by atoms with van der Waals surface area (Å²) >= 11 is 0. The molecule has 0 saturated carbocycles. The summed E-state index contributed by atoms with van der Waals surface area (Å²) in [4.78, 5) is 14.1. The molecule has 3 N–H and O–H groups in total. The van der Waals surface area contributed by atoms with Crippen LogP contribution in [0.15, 0.2) is 0 Å². The van der Waals surface area contributed by atoms with E-state index in [1.54, 1.807) is 0 Å². The highest BCUT2D eigenvalue weighted by molar-refractivity contribution is 7.90. The molecule has 1 aliphatic rings. The molecule has 112 valence electrons. The Bertz CT molecular complexity index is 397. The van der Waals surface area contributed by atoms with Crippen molar-refractivity contribution in [3.05, 3.63) is 0 Å². The first-order valence-electron chi connectivity index (χ1n) is 6.78. The number of likely N-dealkylation sites (N-methyl/N-ethyl adjacent to an activating group) is 1. The Morgan fingerprint density at radius 1 is 1.53 bits per heavy atom. The number of likely N-dealkylation sites (tertiary alicyclic amines) is 1. The highest BCUT2D eigenvalue weighted by Crippen LogP contribution is 2.15. The summed E-state index contributed by atoms with van der Waals surface area (Å²) in [5.74, 6) is -0.307. The highest BCUT2D eigenvalue weighted by Gasteiger charge is 2.24. The van der Waals surface area contributed by atoms with Gasteiger partial charge in [-0.1, -0.05) is 6.92 Å². The Morgan fingerprint density at radius 2 is 2.21 bits per heavy atom. The van der Waals surface area contributed by atoms with Gasteiger partial charge in [0.1, 0.15) is 9.84 Å². The smallest absolute Gasteiger partial charge is 0.237 e. The quantitative estimate of drug-likeness (QED) is 0.650. The molecule has 0 aromatic rings. The molecule has 2 unspecified atom stereocenters. The molecule has 1 fully saturated rings. The topological polar surface area (TPSA) is 92.5 Å². The third-order valence-electron chi connectivity index (χ3n) is 3.55. The number of carbonyl (C=O) groups excluding carboxylic acids is 1. The van der Waals surface area contributed by atoms with Gasteiger partial charge in [0.2, 0.25) is 5.91 Å². The van der Waals surface area contributed by atoms with Crippen LogP contribution in [0, 0.1) is 0 Å². The summed E-state index contributed by atoms with van der Waals surface area (Å²) in [6, 6.07) is -0.359. The van der Waals surface area contributed by atoms with Gasteiger partial charge < -0.3 is 11.1 Å². The zero-order valence-electron chi connectivity index (χ0n) is 11.8. The zero-order valence-corrected chi connectivity index (χ0v) is 12.6. The van der Waals surface area contributed by atoms with Crippen molar-refractivity contribution in [3.8, 4) is 0 Å². The predicted octanol–water partition coefficient (Wildman–Crippen LogP) is -0.651. The minimum absolute atomic E-state index is 0.0495. The van der Waals surface area contributed by atoms with E-state index in [0.29, 0.717) is 12.6 Å². The molecule has 1 rings (SSSR count). The van der Waals surface area contributed by atoms with Gasteiger partial charge in [0.15, 0.2) is 0 Å². The van der Waals surface area contributed by atoms with Gasteiger partial charge in [-0.25, -0.2) is 8.42 Å². The molecule has 2 atom stereocenters. The number of nitrogens with zero attached hydrogens (tertiary/aromatic N) is 1. The summed E-state index contributed by atoms with van der Waals surface area (Å²) < 4.78 is 22.0. The van der Waals surface area contributed by atoms with Crippen molar-refractivity contribution < 1.29 is 13.2 Å². The van der Waals surface area contributed by atoms with Crippen molar-refractivity contribution in [2.75, 3.05) is 31.6 Å². The second-order valence-electron chi connectivity index (χ2n) is 5.19. The molecular formula is C12H25N3O3S. The fraction of sp³-hybridized carbons (Fsp3) is 0.917. The van der Waals surface area contributed by atoms with Crippen molar-refractivity contribution in [2.45, 2.75) is 38.3 Å². The molecule has 0 radical (unpaired) electrons. The van der Waals surface area contributed by atoms with Crippen molar-refractivity contribution in [3.63, 3.8) is 0 Å². The van der Waals surface area contributed by atoms with Crippen molar-refractivity contribution in [2.24, 2.45) is 5.73 Å². The van der Waals surface area contributed by atoms with Crippen LogP contribution < -0.4 is 11.1 Å². The van der Waals surface area contributed by atoms with Crippen LogP contribution in [0.3, 0.4) is 0 Å². The fourth-order valence-electron chi connectivity index (χ4n) is 2.36. The summed E-state index contributed by atoms with van der Waals surface area (Å²) in [6.45, 7) is 4.77. The standard InChI is InChI=1S/C12H25N3O3S/c1-3-15-7-4-5-10(15)9-14-12(16)11(13)6-8-19(2,17)18/h10-11H,3-9,13H2,1-2H3,(H,14,16). The molecule has 1 aliphatic heterocycles. The number of rotatable bonds is 7. The van der Waals surface area contributed by atoms with Crippen molar-refractivity contribution in [1.82, 2.24) is 10.2 Å². The minimum atomic E-state index is -3.06. The maximum atomic E-state index is 11.8. The summed E-state index contributed by atoms with van der Waals surface area (Å²) in [5.41, 5.74) is 5.69. The first-order chi connectivity index (χ1) is 8.83. The number of carbonyl (C=O) groups is 1.